The summed E-state index contributed by atoms with van der Waals surface area (Å²) in [7, 11) is -3.74. The average molecular weight is 305 g/mol. The highest BCUT2D eigenvalue weighted by Crippen LogP contribution is 2.19. The number of aliphatic carboxylic acids is 1. The van der Waals surface area contributed by atoms with Crippen LogP contribution < -0.4 is 0 Å². The molecule has 1 heterocycles. The Labute approximate surface area is 123 Å². The van der Waals surface area contributed by atoms with E-state index in [1.807, 2.05) is 6.92 Å². The van der Waals surface area contributed by atoms with E-state index in [-0.39, 0.29) is 10.5 Å². The van der Waals surface area contributed by atoms with Crippen molar-refractivity contribution in [2.24, 2.45) is 0 Å². The Morgan fingerprint density at radius 3 is 2.38 bits per heavy atom. The number of carboxylic acid groups (broad SMARTS) is 1. The second-order valence-corrected chi connectivity index (χ2v) is 6.49. The Morgan fingerprint density at radius 1 is 1.19 bits per heavy atom. The first kappa shape index (κ1) is 15.1. The monoisotopic (exact) mass is 305 g/mol. The molecule has 0 aliphatic rings. The quantitative estimate of drug-likeness (QED) is 0.881. The smallest absolute Gasteiger partial charge is 0.331 e. The predicted molar refractivity (Wildman–Crippen MR) is 79.5 cm³/mol. The van der Waals surface area contributed by atoms with Crippen molar-refractivity contribution in [2.75, 3.05) is 0 Å². The zero-order valence-electron chi connectivity index (χ0n) is 11.6. The van der Waals surface area contributed by atoms with Crippen LogP contribution in [0.2, 0.25) is 0 Å². The molecule has 21 heavy (non-hydrogen) atoms. The Bertz CT molecular complexity index is 798. The SMILES string of the molecule is C/C(=C\c1cccn1S(=O)(=O)c1ccc(C)cc1)C(=O)O. The summed E-state index contributed by atoms with van der Waals surface area (Å²) >= 11 is 0. The van der Waals surface area contributed by atoms with Gasteiger partial charge in [0.1, 0.15) is 0 Å². The van der Waals surface area contributed by atoms with Gasteiger partial charge in [-0.1, -0.05) is 17.7 Å². The molecule has 0 aliphatic heterocycles. The maximum Gasteiger partial charge on any atom is 0.331 e. The van der Waals surface area contributed by atoms with Crippen LogP contribution in [0.1, 0.15) is 18.2 Å². The normalized spacial score (nSPS) is 12.4. The second-order valence-electron chi connectivity index (χ2n) is 4.68. The van der Waals surface area contributed by atoms with E-state index >= 15 is 0 Å². The van der Waals surface area contributed by atoms with Gasteiger partial charge in [0.15, 0.2) is 0 Å². The summed E-state index contributed by atoms with van der Waals surface area (Å²) in [6.45, 7) is 3.29. The number of carbonyl (C=O) groups is 1. The molecule has 0 unspecified atom stereocenters. The molecule has 0 atom stereocenters. The molecule has 2 rings (SSSR count). The molecule has 1 N–H and O–H groups in total. The van der Waals surface area contributed by atoms with E-state index in [1.54, 1.807) is 24.3 Å². The number of aromatic nitrogens is 1. The first-order chi connectivity index (χ1) is 9.82. The molecule has 2 aromatic rings. The van der Waals surface area contributed by atoms with Crippen molar-refractivity contribution in [3.05, 3.63) is 59.4 Å². The van der Waals surface area contributed by atoms with E-state index in [4.69, 9.17) is 5.11 Å². The minimum absolute atomic E-state index is 0.0639. The molecule has 0 saturated carbocycles. The molecule has 1 aromatic heterocycles. The minimum Gasteiger partial charge on any atom is -0.478 e. The fourth-order valence-electron chi connectivity index (χ4n) is 1.82. The van der Waals surface area contributed by atoms with Crippen LogP contribution in [0.15, 0.2) is 53.1 Å². The lowest BCUT2D eigenvalue weighted by Gasteiger charge is -2.09. The first-order valence-electron chi connectivity index (χ1n) is 6.23. The van der Waals surface area contributed by atoms with Gasteiger partial charge in [0.25, 0.3) is 10.0 Å². The minimum atomic E-state index is -3.74. The zero-order chi connectivity index (χ0) is 15.6. The molecular weight excluding hydrogens is 290 g/mol. The lowest BCUT2D eigenvalue weighted by molar-refractivity contribution is -0.132. The number of hydrogen-bond donors (Lipinski definition) is 1. The molecule has 0 fully saturated rings. The van der Waals surface area contributed by atoms with Crippen molar-refractivity contribution >= 4 is 22.1 Å². The fraction of sp³-hybridized carbons (Fsp3) is 0.133. The summed E-state index contributed by atoms with van der Waals surface area (Å²) in [5, 5.41) is 8.90. The maximum absolute atomic E-state index is 12.6. The fourth-order valence-corrected chi connectivity index (χ4v) is 3.15. The molecular formula is C15H15NO4S. The van der Waals surface area contributed by atoms with Gasteiger partial charge in [0.05, 0.1) is 10.6 Å². The number of carboxylic acids is 1. The van der Waals surface area contributed by atoms with E-state index in [9.17, 15) is 13.2 Å². The number of aryl methyl sites for hydroxylation is 1. The van der Waals surface area contributed by atoms with E-state index in [1.165, 1.54) is 31.3 Å². The number of hydrogen-bond acceptors (Lipinski definition) is 3. The van der Waals surface area contributed by atoms with Gasteiger partial charge in [0, 0.05) is 11.8 Å². The Morgan fingerprint density at radius 2 is 1.81 bits per heavy atom. The zero-order valence-corrected chi connectivity index (χ0v) is 12.5. The molecule has 110 valence electrons. The van der Waals surface area contributed by atoms with Crippen LogP contribution in [0.3, 0.4) is 0 Å². The van der Waals surface area contributed by atoms with Crippen LogP contribution in [0.5, 0.6) is 0 Å². The predicted octanol–water partition coefficient (Wildman–Crippen LogP) is 2.52. The van der Waals surface area contributed by atoms with E-state index in [0.29, 0.717) is 5.69 Å². The summed E-state index contributed by atoms with van der Waals surface area (Å²) in [5.74, 6) is -1.09. The topological polar surface area (TPSA) is 76.4 Å². The third-order valence-corrected chi connectivity index (χ3v) is 4.74. The molecule has 0 bridgehead atoms. The molecule has 0 saturated heterocycles. The van der Waals surface area contributed by atoms with Crippen molar-refractivity contribution < 1.29 is 18.3 Å². The molecule has 0 amide bonds. The number of benzene rings is 1. The number of nitrogens with zero attached hydrogens (tertiary/aromatic N) is 1. The summed E-state index contributed by atoms with van der Waals surface area (Å²) in [5.41, 5.74) is 1.33. The van der Waals surface area contributed by atoms with Crippen molar-refractivity contribution in [1.29, 1.82) is 0 Å². The highest BCUT2D eigenvalue weighted by Gasteiger charge is 2.18. The molecule has 1 aromatic carbocycles. The Balaban J connectivity index is 2.52. The second kappa shape index (κ2) is 5.57. The Hall–Kier alpha value is -2.34. The van der Waals surface area contributed by atoms with Gasteiger partial charge in [-0.25, -0.2) is 17.2 Å². The van der Waals surface area contributed by atoms with Gasteiger partial charge in [-0.3, -0.25) is 0 Å². The van der Waals surface area contributed by atoms with E-state index in [2.05, 4.69) is 0 Å². The van der Waals surface area contributed by atoms with Gasteiger partial charge in [-0.2, -0.15) is 0 Å². The molecule has 5 nitrogen and oxygen atoms in total. The van der Waals surface area contributed by atoms with Gasteiger partial charge >= 0.3 is 5.97 Å². The summed E-state index contributed by atoms with van der Waals surface area (Å²) in [6, 6.07) is 9.61. The van der Waals surface area contributed by atoms with Gasteiger partial charge in [0.2, 0.25) is 0 Å². The van der Waals surface area contributed by atoms with E-state index < -0.39 is 16.0 Å². The van der Waals surface area contributed by atoms with Crippen LogP contribution in [-0.4, -0.2) is 23.5 Å². The third kappa shape index (κ3) is 3.05. The summed E-state index contributed by atoms with van der Waals surface area (Å²) < 4.78 is 26.2. The van der Waals surface area contributed by atoms with Crippen molar-refractivity contribution in [3.63, 3.8) is 0 Å². The lowest BCUT2D eigenvalue weighted by atomic mass is 10.2. The maximum atomic E-state index is 12.6. The van der Waals surface area contributed by atoms with Crippen LogP contribution in [0.25, 0.3) is 6.08 Å². The highest BCUT2D eigenvalue weighted by molar-refractivity contribution is 7.90. The van der Waals surface area contributed by atoms with E-state index in [0.717, 1.165) is 9.54 Å². The van der Waals surface area contributed by atoms with Crippen LogP contribution in [-0.2, 0) is 14.8 Å². The Kier molecular flexibility index (Phi) is 3.99. The van der Waals surface area contributed by atoms with Crippen molar-refractivity contribution in [1.82, 2.24) is 3.97 Å². The van der Waals surface area contributed by atoms with Crippen molar-refractivity contribution in [3.8, 4) is 0 Å². The van der Waals surface area contributed by atoms with Gasteiger partial charge in [-0.15, -0.1) is 0 Å². The van der Waals surface area contributed by atoms with Crippen LogP contribution >= 0.6 is 0 Å². The third-order valence-electron chi connectivity index (χ3n) is 3.02. The largest absolute Gasteiger partial charge is 0.478 e. The highest BCUT2D eigenvalue weighted by atomic mass is 32.2. The van der Waals surface area contributed by atoms with Crippen LogP contribution in [0, 0.1) is 6.92 Å². The lowest BCUT2D eigenvalue weighted by Crippen LogP contribution is -2.13. The van der Waals surface area contributed by atoms with Gasteiger partial charge in [-0.05, 0) is 44.2 Å². The first-order valence-corrected chi connectivity index (χ1v) is 7.67. The summed E-state index contributed by atoms with van der Waals surface area (Å²) in [6.07, 6.45) is 2.73. The van der Waals surface area contributed by atoms with Crippen LogP contribution in [0.4, 0.5) is 0 Å². The molecule has 6 heteroatoms. The van der Waals surface area contributed by atoms with Gasteiger partial charge < -0.3 is 5.11 Å². The molecule has 0 aliphatic carbocycles. The summed E-state index contributed by atoms with van der Waals surface area (Å²) in [4.78, 5) is 11.0. The molecule has 0 spiro atoms. The van der Waals surface area contributed by atoms with Crippen molar-refractivity contribution in [2.45, 2.75) is 18.7 Å². The standard InChI is InChI=1S/C15H15NO4S/c1-11-5-7-14(8-6-11)21(19,20)16-9-3-4-13(16)10-12(2)15(17)18/h3-10H,1-2H3,(H,17,18)/b12-10+. The molecule has 0 radical (unpaired) electrons. The number of rotatable bonds is 4. The average Bonchev–Trinajstić information content (AvgIpc) is 2.88.